The third-order valence-electron chi connectivity index (χ3n) is 2.01. The van der Waals surface area contributed by atoms with Crippen molar-refractivity contribution in [1.29, 1.82) is 0 Å². The molecule has 1 N–H and O–H groups in total. The Hall–Kier alpha value is -1.27. The number of pyridine rings is 1. The second-order valence-electron chi connectivity index (χ2n) is 3.21. The van der Waals surface area contributed by atoms with Crippen molar-refractivity contribution in [3.63, 3.8) is 0 Å². The summed E-state index contributed by atoms with van der Waals surface area (Å²) >= 11 is 5.69. The topological polar surface area (TPSA) is 53.4 Å². The molecule has 1 aromatic rings. The number of carbonyl (C=O) groups excluding carboxylic acids is 1. The molecule has 0 fully saturated rings. The molecular weight excluding hydrogens is 254 g/mol. The van der Waals surface area contributed by atoms with E-state index in [1.807, 2.05) is 0 Å². The number of hydrogen-bond donors (Lipinski definition) is 1. The molecule has 0 radical (unpaired) electrons. The van der Waals surface area contributed by atoms with Crippen molar-refractivity contribution < 1.29 is 18.7 Å². The lowest BCUT2D eigenvalue weighted by Gasteiger charge is -2.21. The molecule has 0 bridgehead atoms. The summed E-state index contributed by atoms with van der Waals surface area (Å²) < 4.78 is 24.5. The number of aliphatic hydroxyl groups excluding tert-OH is 1. The number of rotatable bonds is 5. The summed E-state index contributed by atoms with van der Waals surface area (Å²) in [6.07, 6.45) is -1.27. The van der Waals surface area contributed by atoms with Gasteiger partial charge in [0.1, 0.15) is 5.15 Å². The maximum atomic E-state index is 12.3. The Morgan fingerprint density at radius 2 is 2.29 bits per heavy atom. The molecular formula is C10H11ClF2N2O2. The van der Waals surface area contributed by atoms with Crippen LogP contribution >= 0.6 is 11.6 Å². The first-order chi connectivity index (χ1) is 8.06. The normalized spacial score (nSPS) is 10.6. The first kappa shape index (κ1) is 13.8. The van der Waals surface area contributed by atoms with Crippen molar-refractivity contribution in [2.45, 2.75) is 6.43 Å². The van der Waals surface area contributed by atoms with Crippen LogP contribution in [0.5, 0.6) is 0 Å². The van der Waals surface area contributed by atoms with Crippen LogP contribution in [-0.2, 0) is 0 Å². The average molecular weight is 265 g/mol. The van der Waals surface area contributed by atoms with E-state index in [1.165, 1.54) is 18.3 Å². The van der Waals surface area contributed by atoms with Crippen LogP contribution in [0.4, 0.5) is 8.78 Å². The smallest absolute Gasteiger partial charge is 0.257 e. The van der Waals surface area contributed by atoms with Gasteiger partial charge < -0.3 is 10.0 Å². The van der Waals surface area contributed by atoms with Crippen molar-refractivity contribution in [2.75, 3.05) is 19.7 Å². The molecule has 0 aliphatic rings. The minimum absolute atomic E-state index is 0.0447. The minimum atomic E-state index is -2.67. The van der Waals surface area contributed by atoms with Crippen molar-refractivity contribution in [1.82, 2.24) is 9.88 Å². The average Bonchev–Trinajstić information content (AvgIpc) is 2.28. The van der Waals surface area contributed by atoms with Gasteiger partial charge in [-0.1, -0.05) is 11.6 Å². The number of carbonyl (C=O) groups is 1. The largest absolute Gasteiger partial charge is 0.395 e. The van der Waals surface area contributed by atoms with E-state index in [9.17, 15) is 13.6 Å². The van der Waals surface area contributed by atoms with E-state index in [0.29, 0.717) is 0 Å². The van der Waals surface area contributed by atoms with Gasteiger partial charge in [-0.2, -0.15) is 0 Å². The Morgan fingerprint density at radius 1 is 1.59 bits per heavy atom. The number of hydrogen-bond acceptors (Lipinski definition) is 3. The fraction of sp³-hybridized carbons (Fsp3) is 0.400. The third-order valence-corrected chi connectivity index (χ3v) is 2.31. The number of aromatic nitrogens is 1. The zero-order valence-corrected chi connectivity index (χ0v) is 9.57. The number of nitrogens with zero attached hydrogens (tertiary/aromatic N) is 2. The van der Waals surface area contributed by atoms with E-state index < -0.39 is 25.5 Å². The summed E-state index contributed by atoms with van der Waals surface area (Å²) in [4.78, 5) is 16.4. The van der Waals surface area contributed by atoms with E-state index in [4.69, 9.17) is 16.7 Å². The molecule has 0 aromatic carbocycles. The maximum Gasteiger partial charge on any atom is 0.257 e. The summed E-state index contributed by atoms with van der Waals surface area (Å²) in [5.41, 5.74) is 0.0447. The predicted molar refractivity (Wildman–Crippen MR) is 58.2 cm³/mol. The zero-order chi connectivity index (χ0) is 12.8. The lowest BCUT2D eigenvalue weighted by Crippen LogP contribution is -2.37. The highest BCUT2D eigenvalue weighted by Gasteiger charge is 2.21. The highest BCUT2D eigenvalue weighted by atomic mass is 35.5. The molecule has 1 aromatic heterocycles. The van der Waals surface area contributed by atoms with Gasteiger partial charge >= 0.3 is 0 Å². The zero-order valence-electron chi connectivity index (χ0n) is 8.81. The van der Waals surface area contributed by atoms with Crippen LogP contribution in [0.1, 0.15) is 10.4 Å². The second-order valence-corrected chi connectivity index (χ2v) is 3.57. The lowest BCUT2D eigenvalue weighted by atomic mass is 10.2. The Labute approximate surface area is 102 Å². The highest BCUT2D eigenvalue weighted by molar-refractivity contribution is 6.32. The van der Waals surface area contributed by atoms with E-state index in [-0.39, 0.29) is 17.3 Å². The van der Waals surface area contributed by atoms with Gasteiger partial charge in [-0.3, -0.25) is 4.79 Å². The number of amides is 1. The molecule has 0 saturated heterocycles. The molecule has 0 atom stereocenters. The van der Waals surface area contributed by atoms with Crippen molar-refractivity contribution in [2.24, 2.45) is 0 Å². The summed E-state index contributed by atoms with van der Waals surface area (Å²) in [5, 5.41) is 8.68. The van der Waals surface area contributed by atoms with Gasteiger partial charge in [-0.15, -0.1) is 0 Å². The molecule has 7 heteroatoms. The van der Waals surface area contributed by atoms with Gasteiger partial charge in [-0.25, -0.2) is 13.8 Å². The van der Waals surface area contributed by atoms with Crippen molar-refractivity contribution in [3.05, 3.63) is 29.0 Å². The first-order valence-electron chi connectivity index (χ1n) is 4.85. The van der Waals surface area contributed by atoms with Crippen LogP contribution in [0.15, 0.2) is 18.3 Å². The van der Waals surface area contributed by atoms with Crippen LogP contribution in [0.3, 0.4) is 0 Å². The lowest BCUT2D eigenvalue weighted by molar-refractivity contribution is 0.0509. The molecule has 4 nitrogen and oxygen atoms in total. The number of halogens is 3. The minimum Gasteiger partial charge on any atom is -0.395 e. The summed E-state index contributed by atoms with van der Waals surface area (Å²) in [6.45, 7) is -1.31. The van der Waals surface area contributed by atoms with E-state index in [0.717, 1.165) is 4.90 Å². The van der Waals surface area contributed by atoms with E-state index in [2.05, 4.69) is 4.98 Å². The van der Waals surface area contributed by atoms with E-state index in [1.54, 1.807) is 0 Å². The van der Waals surface area contributed by atoms with Gasteiger partial charge in [-0.05, 0) is 12.1 Å². The van der Waals surface area contributed by atoms with Gasteiger partial charge in [0.15, 0.2) is 0 Å². The molecule has 1 amide bonds. The first-order valence-corrected chi connectivity index (χ1v) is 5.23. The Bertz CT molecular complexity index is 390. The fourth-order valence-corrected chi connectivity index (χ4v) is 1.48. The Kier molecular flexibility index (Phi) is 5.24. The number of aliphatic hydroxyl groups is 1. The standard InChI is InChI=1S/C10H11ClF2N2O2/c11-9-7(2-1-3-14-9)10(17)15(4-5-16)6-8(12)13/h1-3,8,16H,4-6H2. The molecule has 0 saturated carbocycles. The van der Waals surface area contributed by atoms with Crippen LogP contribution in [-0.4, -0.2) is 47.0 Å². The van der Waals surface area contributed by atoms with Crippen molar-refractivity contribution >= 4 is 17.5 Å². The molecule has 1 rings (SSSR count). The fourth-order valence-electron chi connectivity index (χ4n) is 1.28. The molecule has 0 aliphatic heterocycles. The van der Waals surface area contributed by atoms with Crippen LogP contribution in [0, 0.1) is 0 Å². The van der Waals surface area contributed by atoms with Gasteiger partial charge in [0.25, 0.3) is 12.3 Å². The molecule has 1 heterocycles. The summed E-state index contributed by atoms with van der Waals surface area (Å²) in [7, 11) is 0. The van der Waals surface area contributed by atoms with Crippen molar-refractivity contribution in [3.8, 4) is 0 Å². The van der Waals surface area contributed by atoms with Gasteiger partial charge in [0, 0.05) is 12.7 Å². The molecule has 0 unspecified atom stereocenters. The Balaban J connectivity index is 2.88. The monoisotopic (exact) mass is 264 g/mol. The van der Waals surface area contributed by atoms with Crippen LogP contribution < -0.4 is 0 Å². The van der Waals surface area contributed by atoms with Gasteiger partial charge in [0.2, 0.25) is 0 Å². The molecule has 17 heavy (non-hydrogen) atoms. The highest BCUT2D eigenvalue weighted by Crippen LogP contribution is 2.14. The van der Waals surface area contributed by atoms with Gasteiger partial charge in [0.05, 0.1) is 18.7 Å². The maximum absolute atomic E-state index is 12.3. The van der Waals surface area contributed by atoms with E-state index >= 15 is 0 Å². The Morgan fingerprint density at radius 3 is 2.82 bits per heavy atom. The number of alkyl halides is 2. The second kappa shape index (κ2) is 6.46. The van der Waals surface area contributed by atoms with Crippen LogP contribution in [0.2, 0.25) is 5.15 Å². The van der Waals surface area contributed by atoms with Crippen LogP contribution in [0.25, 0.3) is 0 Å². The molecule has 94 valence electrons. The summed E-state index contributed by atoms with van der Waals surface area (Å²) in [6, 6.07) is 2.88. The quantitative estimate of drug-likeness (QED) is 0.819. The predicted octanol–water partition coefficient (Wildman–Crippen LogP) is 1.43. The SMILES string of the molecule is O=C(c1cccnc1Cl)N(CCO)CC(F)F. The third kappa shape index (κ3) is 3.90. The molecule has 0 spiro atoms. The summed E-state index contributed by atoms with van der Waals surface area (Å²) in [5.74, 6) is -0.669. The molecule has 0 aliphatic carbocycles.